The standard InChI is InChI=1S/C24H29NO3.C15H18N2O.C13H14N2/c1-27-22-14-19-13-20(24(26)21(19)15-23(22)28-2)12-17-8-10-25(11-9-17)16-18-6-4-3-5-7-18;1-3-11-7-10-6-9(2)8-15(11,16)12-4-5-13(18)17-14(10)12;14-13-9-5-1-3-7-11(9)15-12-8-4-2-6-10(12)13/h3-7,14-15,17,20H,8-13,16H2,1-2H3;3-6,10H,7-8,16H2,1-2H3,(H,17,18);1,3,5,7H,2,4,6,8H2,(H2,14,15)/b;11-3+;/t;10?,15-;/m.1./s1. The van der Waals surface area contributed by atoms with Crippen molar-refractivity contribution >= 4 is 22.4 Å². The fraction of sp³-hybridized carbons (Fsp3) is 0.404. The number of aromatic amines is 1. The molecular weight excluding hydrogens is 759 g/mol. The van der Waals surface area contributed by atoms with Crippen LogP contribution in [0.2, 0.25) is 0 Å². The number of likely N-dealkylation sites (tertiary alicyclic amines) is 1. The van der Waals surface area contributed by atoms with Crippen molar-refractivity contribution in [3.63, 3.8) is 0 Å². The normalized spacial score (nSPS) is 22.5. The number of H-pyrrole nitrogens is 1. The van der Waals surface area contributed by atoms with Gasteiger partial charge < -0.3 is 25.9 Å². The third-order valence-corrected chi connectivity index (χ3v) is 13.7. The second-order valence-electron chi connectivity index (χ2n) is 17.7. The number of anilines is 1. The number of pyridine rings is 2. The summed E-state index contributed by atoms with van der Waals surface area (Å²) in [6.45, 7) is 7.44. The number of rotatable bonds is 6. The van der Waals surface area contributed by atoms with E-state index >= 15 is 0 Å². The van der Waals surface area contributed by atoms with Crippen molar-refractivity contribution in [3.05, 3.63) is 152 Å². The molecule has 5 aliphatic carbocycles. The summed E-state index contributed by atoms with van der Waals surface area (Å²) in [6, 6.07) is 26.1. The maximum atomic E-state index is 12.9. The number of para-hydroxylation sites is 1. The Morgan fingerprint density at radius 3 is 2.39 bits per heavy atom. The Balaban J connectivity index is 0.000000134. The number of hydrogen-bond acceptors (Lipinski definition) is 8. The predicted molar refractivity (Wildman–Crippen MR) is 245 cm³/mol. The predicted octanol–water partition coefficient (Wildman–Crippen LogP) is 9.37. The number of aromatic nitrogens is 2. The molecule has 2 aromatic heterocycles. The van der Waals surface area contributed by atoms with Crippen LogP contribution >= 0.6 is 0 Å². The Bertz CT molecular complexity index is 2520. The number of Topliss-reactive ketones (excluding diaryl/α,β-unsaturated/α-hetero) is 1. The van der Waals surface area contributed by atoms with E-state index in [2.05, 4.69) is 65.4 Å². The highest BCUT2D eigenvalue weighted by Gasteiger charge is 2.42. The summed E-state index contributed by atoms with van der Waals surface area (Å²) in [5.74, 6) is 2.65. The molecule has 1 fully saturated rings. The molecule has 318 valence electrons. The van der Waals surface area contributed by atoms with Crippen molar-refractivity contribution in [3.8, 4) is 11.5 Å². The highest BCUT2D eigenvalue weighted by Crippen LogP contribution is 2.49. The summed E-state index contributed by atoms with van der Waals surface area (Å²) in [4.78, 5) is 34.7. The Morgan fingerprint density at radius 2 is 1.64 bits per heavy atom. The van der Waals surface area contributed by atoms with Gasteiger partial charge in [0.25, 0.3) is 0 Å². The minimum atomic E-state index is -0.443. The van der Waals surface area contributed by atoms with Gasteiger partial charge in [-0.1, -0.05) is 66.3 Å². The number of ketones is 1. The number of carbonyl (C=O) groups excluding carboxylic acids is 1. The van der Waals surface area contributed by atoms with Crippen LogP contribution in [0.1, 0.15) is 109 Å². The molecule has 9 nitrogen and oxygen atoms in total. The number of nitrogens with two attached hydrogens (primary N) is 2. The van der Waals surface area contributed by atoms with Crippen molar-refractivity contribution in [2.45, 2.75) is 96.1 Å². The van der Waals surface area contributed by atoms with Gasteiger partial charge in [0, 0.05) is 52.5 Å². The van der Waals surface area contributed by atoms with E-state index in [-0.39, 0.29) is 23.2 Å². The summed E-state index contributed by atoms with van der Waals surface area (Å²) in [7, 11) is 3.26. The van der Waals surface area contributed by atoms with E-state index in [9.17, 15) is 9.59 Å². The van der Waals surface area contributed by atoms with Gasteiger partial charge in [0.2, 0.25) is 5.56 Å². The fourth-order valence-corrected chi connectivity index (χ4v) is 10.6. The molecule has 0 saturated carbocycles. The lowest BCUT2D eigenvalue weighted by Crippen LogP contribution is -2.42. The highest BCUT2D eigenvalue weighted by atomic mass is 16.5. The average Bonchev–Trinajstić information content (AvgIpc) is 3.43. The SMILES string of the molecule is C/C=C1\CC2C=C(C)C[C@]1(N)c1ccc(=O)[nH]c12.COc1cc2c(cc1OC)C(=O)C(CC1CCN(Cc3ccccc3)CC1)C2.Nc1c2c(nc3ccccc13)CCCC2. The van der Waals surface area contributed by atoms with Crippen LogP contribution in [-0.4, -0.2) is 48.0 Å². The average molecular weight is 820 g/mol. The number of hydrogen-bond donors (Lipinski definition) is 3. The first kappa shape index (κ1) is 42.2. The number of piperidine rings is 1. The molecule has 6 aliphatic rings. The zero-order valence-electron chi connectivity index (χ0n) is 36.3. The van der Waals surface area contributed by atoms with E-state index in [4.69, 9.17) is 25.9 Å². The minimum Gasteiger partial charge on any atom is -0.493 e. The quantitative estimate of drug-likeness (QED) is 0.144. The largest absolute Gasteiger partial charge is 0.493 e. The van der Waals surface area contributed by atoms with Crippen LogP contribution in [0.3, 0.4) is 0 Å². The molecule has 0 radical (unpaired) electrons. The molecule has 0 spiro atoms. The summed E-state index contributed by atoms with van der Waals surface area (Å²) >= 11 is 0. The second-order valence-corrected chi connectivity index (χ2v) is 17.7. The van der Waals surface area contributed by atoms with Crippen LogP contribution < -0.4 is 26.5 Å². The molecule has 3 heterocycles. The second kappa shape index (κ2) is 18.2. The van der Waals surface area contributed by atoms with Gasteiger partial charge in [0.1, 0.15) is 0 Å². The zero-order chi connectivity index (χ0) is 42.7. The van der Waals surface area contributed by atoms with Crippen LogP contribution in [0.5, 0.6) is 11.5 Å². The van der Waals surface area contributed by atoms with E-state index in [0.717, 1.165) is 97.1 Å². The molecule has 1 aliphatic heterocycles. The minimum absolute atomic E-state index is 0.0435. The molecule has 2 unspecified atom stereocenters. The molecule has 3 aromatic carbocycles. The van der Waals surface area contributed by atoms with E-state index < -0.39 is 5.54 Å². The van der Waals surface area contributed by atoms with Crippen molar-refractivity contribution in [1.29, 1.82) is 0 Å². The van der Waals surface area contributed by atoms with Crippen molar-refractivity contribution < 1.29 is 14.3 Å². The lowest BCUT2D eigenvalue weighted by molar-refractivity contribution is 0.0895. The van der Waals surface area contributed by atoms with Crippen LogP contribution in [-0.2, 0) is 31.3 Å². The molecule has 2 bridgehead atoms. The number of nitrogens with one attached hydrogen (secondary N) is 1. The van der Waals surface area contributed by atoms with Crippen LogP contribution in [0, 0.1) is 11.8 Å². The van der Waals surface area contributed by atoms with Crippen LogP contribution in [0.4, 0.5) is 5.69 Å². The van der Waals surface area contributed by atoms with E-state index in [1.54, 1.807) is 20.3 Å². The fourth-order valence-electron chi connectivity index (χ4n) is 10.6. The summed E-state index contributed by atoms with van der Waals surface area (Å²) in [5.41, 5.74) is 24.9. The number of nitrogens with zero attached hydrogens (tertiary/aromatic N) is 2. The summed E-state index contributed by atoms with van der Waals surface area (Å²) in [5, 5.41) is 1.11. The molecule has 5 N–H and O–H groups in total. The monoisotopic (exact) mass is 819 g/mol. The summed E-state index contributed by atoms with van der Waals surface area (Å²) < 4.78 is 10.8. The highest BCUT2D eigenvalue weighted by molar-refractivity contribution is 6.03. The molecule has 3 atom stereocenters. The molecule has 0 amide bonds. The van der Waals surface area contributed by atoms with Gasteiger partial charge in [0.15, 0.2) is 17.3 Å². The topological polar surface area (TPSA) is 137 Å². The molecular formula is C52H61N5O4. The number of nitrogen functional groups attached to an aromatic ring is 1. The molecule has 61 heavy (non-hydrogen) atoms. The van der Waals surface area contributed by atoms with E-state index in [1.807, 2.05) is 43.3 Å². The van der Waals surface area contributed by atoms with Crippen molar-refractivity contribution in [2.75, 3.05) is 33.0 Å². The summed E-state index contributed by atoms with van der Waals surface area (Å²) in [6.07, 6.45) is 15.0. The Morgan fingerprint density at radius 1 is 0.918 bits per heavy atom. The number of carbonyl (C=O) groups is 1. The third kappa shape index (κ3) is 8.82. The number of fused-ring (bicyclic) bond motifs is 5. The van der Waals surface area contributed by atoms with Crippen molar-refractivity contribution in [2.24, 2.45) is 17.6 Å². The smallest absolute Gasteiger partial charge is 0.248 e. The zero-order valence-corrected chi connectivity index (χ0v) is 36.3. The molecule has 11 rings (SSSR count). The van der Waals surface area contributed by atoms with E-state index in [1.165, 1.54) is 53.7 Å². The molecule has 9 heteroatoms. The van der Waals surface area contributed by atoms with Gasteiger partial charge in [0.05, 0.1) is 25.3 Å². The van der Waals surface area contributed by atoms with Crippen LogP contribution in [0.25, 0.3) is 10.9 Å². The first-order valence-electron chi connectivity index (χ1n) is 22.1. The number of ether oxygens (including phenoxy) is 2. The first-order chi connectivity index (χ1) is 29.6. The van der Waals surface area contributed by atoms with Gasteiger partial charge in [-0.15, -0.1) is 0 Å². The maximum absolute atomic E-state index is 12.9. The number of aryl methyl sites for hydroxylation is 1. The lowest BCUT2D eigenvalue weighted by Gasteiger charge is -2.38. The van der Waals surface area contributed by atoms with Gasteiger partial charge in [-0.2, -0.15) is 0 Å². The van der Waals surface area contributed by atoms with E-state index in [0.29, 0.717) is 17.4 Å². The number of allylic oxidation sites excluding steroid dienone is 2. The van der Waals surface area contributed by atoms with Crippen LogP contribution in [0.15, 0.2) is 107 Å². The number of benzene rings is 3. The molecule has 1 saturated heterocycles. The third-order valence-electron chi connectivity index (χ3n) is 13.7. The van der Waals surface area contributed by atoms with Gasteiger partial charge in [-0.05, 0) is 149 Å². The van der Waals surface area contributed by atoms with Crippen molar-refractivity contribution in [1.82, 2.24) is 14.9 Å². The Labute approximate surface area is 360 Å². The molecule has 5 aromatic rings. The Kier molecular flexibility index (Phi) is 12.6. The maximum Gasteiger partial charge on any atom is 0.248 e. The van der Waals surface area contributed by atoms with Gasteiger partial charge >= 0.3 is 0 Å². The lowest BCUT2D eigenvalue weighted by atomic mass is 9.71. The Hall–Kier alpha value is -5.51. The van der Waals surface area contributed by atoms with Gasteiger partial charge in [-0.25, -0.2) is 0 Å². The first-order valence-corrected chi connectivity index (χ1v) is 22.1. The number of methoxy groups -OCH3 is 2. The van der Waals surface area contributed by atoms with Gasteiger partial charge in [-0.3, -0.25) is 19.5 Å².